The van der Waals surface area contributed by atoms with E-state index in [1.165, 1.54) is 0 Å². The van der Waals surface area contributed by atoms with Crippen molar-refractivity contribution < 1.29 is 23.8 Å². The van der Waals surface area contributed by atoms with Gasteiger partial charge in [-0.05, 0) is 59.4 Å². The lowest BCUT2D eigenvalue weighted by Gasteiger charge is -2.12. The van der Waals surface area contributed by atoms with Gasteiger partial charge in [-0.2, -0.15) is 0 Å². The summed E-state index contributed by atoms with van der Waals surface area (Å²) in [6.07, 6.45) is 3.59. The molecular weight excluding hydrogens is 468 g/mol. The first-order chi connectivity index (χ1) is 18.2. The number of carbonyl (C=O) groups is 2. The molecule has 1 aliphatic carbocycles. The Kier molecular flexibility index (Phi) is 6.02. The van der Waals surface area contributed by atoms with Crippen molar-refractivity contribution >= 4 is 34.4 Å². The summed E-state index contributed by atoms with van der Waals surface area (Å²) in [5.41, 5.74) is 5.93. The van der Waals surface area contributed by atoms with Gasteiger partial charge in [0.2, 0.25) is 6.79 Å². The standard InChI is InChI=1S/C30H24N2O5/c33-27(31-16-20-10-13-25-26(15-20)37-18-36-25)17-35-30(34)28-22-8-4-5-9-24(22)32-29-21(11-12-23(28)29)14-19-6-2-1-3-7-19/h1-10,13-15H,11-12,16-18H2,(H,31,33). The van der Waals surface area contributed by atoms with Crippen LogP contribution >= 0.6 is 0 Å². The molecule has 7 heteroatoms. The van der Waals surface area contributed by atoms with Gasteiger partial charge in [0, 0.05) is 11.9 Å². The van der Waals surface area contributed by atoms with E-state index in [4.69, 9.17) is 19.2 Å². The second-order valence-electron chi connectivity index (χ2n) is 8.95. The van der Waals surface area contributed by atoms with Crippen LogP contribution in [-0.2, 0) is 22.5 Å². The van der Waals surface area contributed by atoms with Crippen LogP contribution in [0.15, 0.2) is 72.8 Å². The Bertz CT molecular complexity index is 1540. The fourth-order valence-corrected chi connectivity index (χ4v) is 4.77. The molecule has 4 aromatic rings. The topological polar surface area (TPSA) is 86.8 Å². The smallest absolute Gasteiger partial charge is 0.339 e. The highest BCUT2D eigenvalue weighted by atomic mass is 16.7. The normalized spacial score (nSPS) is 14.5. The van der Waals surface area contributed by atoms with Gasteiger partial charge < -0.3 is 19.5 Å². The average molecular weight is 493 g/mol. The van der Waals surface area contributed by atoms with Gasteiger partial charge in [-0.1, -0.05) is 54.6 Å². The van der Waals surface area contributed by atoms with Crippen LogP contribution in [0, 0.1) is 0 Å². The van der Waals surface area contributed by atoms with Crippen molar-refractivity contribution in [3.8, 4) is 11.5 Å². The lowest BCUT2D eigenvalue weighted by Crippen LogP contribution is -2.28. The van der Waals surface area contributed by atoms with Gasteiger partial charge in [-0.15, -0.1) is 0 Å². The van der Waals surface area contributed by atoms with E-state index < -0.39 is 5.97 Å². The number of rotatable bonds is 6. The third kappa shape index (κ3) is 4.63. The van der Waals surface area contributed by atoms with E-state index in [9.17, 15) is 9.59 Å². The number of nitrogens with zero attached hydrogens (tertiary/aromatic N) is 1. The number of aromatic nitrogens is 1. The molecule has 0 fully saturated rings. The highest BCUT2D eigenvalue weighted by Crippen LogP contribution is 2.38. The highest BCUT2D eigenvalue weighted by Gasteiger charge is 2.28. The molecule has 1 N–H and O–H groups in total. The molecule has 0 bridgehead atoms. The van der Waals surface area contributed by atoms with Crippen molar-refractivity contribution in [1.29, 1.82) is 0 Å². The molecule has 0 atom stereocenters. The zero-order chi connectivity index (χ0) is 25.2. The van der Waals surface area contributed by atoms with Gasteiger partial charge in [0.05, 0.1) is 16.8 Å². The molecule has 1 amide bonds. The number of pyridine rings is 1. The van der Waals surface area contributed by atoms with Crippen LogP contribution in [0.5, 0.6) is 11.5 Å². The summed E-state index contributed by atoms with van der Waals surface area (Å²) in [5, 5.41) is 3.52. The Morgan fingerprint density at radius 2 is 1.76 bits per heavy atom. The summed E-state index contributed by atoms with van der Waals surface area (Å²) in [5.74, 6) is 0.430. The third-order valence-electron chi connectivity index (χ3n) is 6.55. The minimum atomic E-state index is -0.519. The van der Waals surface area contributed by atoms with Crippen molar-refractivity contribution in [3.63, 3.8) is 0 Å². The van der Waals surface area contributed by atoms with E-state index in [1.54, 1.807) is 6.07 Å². The summed E-state index contributed by atoms with van der Waals surface area (Å²) in [6.45, 7) is 0.105. The number of amides is 1. The van der Waals surface area contributed by atoms with E-state index in [2.05, 4.69) is 11.4 Å². The first-order valence-electron chi connectivity index (χ1n) is 12.2. The fraction of sp³-hybridized carbons (Fsp3) is 0.167. The van der Waals surface area contributed by atoms with Crippen LogP contribution in [-0.4, -0.2) is 30.3 Å². The molecule has 6 rings (SSSR count). The number of benzene rings is 3. The molecule has 2 heterocycles. The Hall–Kier alpha value is -4.65. The highest BCUT2D eigenvalue weighted by molar-refractivity contribution is 6.07. The average Bonchev–Trinajstić information content (AvgIpc) is 3.56. The molecule has 3 aromatic carbocycles. The minimum Gasteiger partial charge on any atom is -0.454 e. The Balaban J connectivity index is 1.20. The van der Waals surface area contributed by atoms with Crippen molar-refractivity contribution in [1.82, 2.24) is 10.3 Å². The largest absolute Gasteiger partial charge is 0.454 e. The van der Waals surface area contributed by atoms with Crippen LogP contribution in [0.4, 0.5) is 0 Å². The Morgan fingerprint density at radius 3 is 2.65 bits per heavy atom. The third-order valence-corrected chi connectivity index (χ3v) is 6.55. The minimum absolute atomic E-state index is 0.192. The summed E-state index contributed by atoms with van der Waals surface area (Å²) in [7, 11) is 0. The van der Waals surface area contributed by atoms with Crippen LogP contribution in [0.2, 0.25) is 0 Å². The van der Waals surface area contributed by atoms with Crippen LogP contribution in [0.1, 0.15) is 39.2 Å². The number of hydrogen-bond acceptors (Lipinski definition) is 6. The summed E-state index contributed by atoms with van der Waals surface area (Å²) >= 11 is 0. The van der Waals surface area contributed by atoms with E-state index in [-0.39, 0.29) is 25.9 Å². The molecule has 1 aliphatic heterocycles. The number of ether oxygens (including phenoxy) is 3. The summed E-state index contributed by atoms with van der Waals surface area (Å²) in [4.78, 5) is 30.7. The van der Waals surface area contributed by atoms with Crippen LogP contribution in [0.3, 0.4) is 0 Å². The number of allylic oxidation sites excluding steroid dienone is 1. The Labute approximate surface area is 213 Å². The number of nitrogens with one attached hydrogen (secondary N) is 1. The first-order valence-corrected chi connectivity index (χ1v) is 12.2. The SMILES string of the molecule is O=C(COC(=O)c1c2c(nc3ccccc13)C(=Cc1ccccc1)CC2)NCc1ccc2c(c1)OCO2. The van der Waals surface area contributed by atoms with Gasteiger partial charge >= 0.3 is 5.97 Å². The van der Waals surface area contributed by atoms with Gasteiger partial charge in [0.1, 0.15) is 0 Å². The van der Waals surface area contributed by atoms with Crippen molar-refractivity contribution in [2.45, 2.75) is 19.4 Å². The van der Waals surface area contributed by atoms with Crippen molar-refractivity contribution in [2.75, 3.05) is 13.4 Å². The molecular formula is C30H24N2O5. The molecule has 0 saturated heterocycles. The second kappa shape index (κ2) is 9.78. The van der Waals surface area contributed by atoms with E-state index in [0.717, 1.165) is 45.3 Å². The number of para-hydroxylation sites is 1. The quantitative estimate of drug-likeness (QED) is 0.385. The van der Waals surface area contributed by atoms with Crippen LogP contribution < -0.4 is 14.8 Å². The lowest BCUT2D eigenvalue weighted by molar-refractivity contribution is -0.124. The fourth-order valence-electron chi connectivity index (χ4n) is 4.77. The monoisotopic (exact) mass is 492 g/mol. The molecule has 37 heavy (non-hydrogen) atoms. The first kappa shape index (κ1) is 22.8. The molecule has 184 valence electrons. The zero-order valence-electron chi connectivity index (χ0n) is 20.0. The van der Waals surface area contributed by atoms with E-state index >= 15 is 0 Å². The maximum absolute atomic E-state index is 13.3. The molecule has 0 radical (unpaired) electrons. The Morgan fingerprint density at radius 1 is 0.946 bits per heavy atom. The summed E-state index contributed by atoms with van der Waals surface area (Å²) in [6, 6.07) is 23.1. The van der Waals surface area contributed by atoms with Crippen molar-refractivity contribution in [2.24, 2.45) is 0 Å². The van der Waals surface area contributed by atoms with Gasteiger partial charge in [-0.25, -0.2) is 9.78 Å². The molecule has 1 aromatic heterocycles. The van der Waals surface area contributed by atoms with Gasteiger partial charge in [0.25, 0.3) is 5.91 Å². The molecule has 0 unspecified atom stereocenters. The predicted octanol–water partition coefficient (Wildman–Crippen LogP) is 4.92. The van der Waals surface area contributed by atoms with Gasteiger partial charge in [-0.3, -0.25) is 4.79 Å². The zero-order valence-corrected chi connectivity index (χ0v) is 20.0. The van der Waals surface area contributed by atoms with Crippen molar-refractivity contribution in [3.05, 3.63) is 101 Å². The van der Waals surface area contributed by atoms with E-state index in [1.807, 2.05) is 66.7 Å². The lowest BCUT2D eigenvalue weighted by atomic mass is 10.0. The maximum atomic E-state index is 13.3. The number of hydrogen-bond donors (Lipinski definition) is 1. The summed E-state index contributed by atoms with van der Waals surface area (Å²) < 4.78 is 16.2. The van der Waals surface area contributed by atoms with E-state index in [0.29, 0.717) is 23.5 Å². The molecule has 2 aliphatic rings. The van der Waals surface area contributed by atoms with Gasteiger partial charge in [0.15, 0.2) is 18.1 Å². The maximum Gasteiger partial charge on any atom is 0.339 e. The predicted molar refractivity (Wildman–Crippen MR) is 139 cm³/mol. The van der Waals surface area contributed by atoms with Crippen LogP contribution in [0.25, 0.3) is 22.6 Å². The number of esters is 1. The molecule has 7 nitrogen and oxygen atoms in total. The molecule has 0 saturated carbocycles. The molecule has 0 spiro atoms. The number of fused-ring (bicyclic) bond motifs is 3. The number of carbonyl (C=O) groups excluding carboxylic acids is 2. The second-order valence-corrected chi connectivity index (χ2v) is 8.95.